The van der Waals surface area contributed by atoms with Crippen molar-refractivity contribution in [2.24, 2.45) is 0 Å². The van der Waals surface area contributed by atoms with Crippen molar-refractivity contribution in [3.05, 3.63) is 41.5 Å². The summed E-state index contributed by atoms with van der Waals surface area (Å²) in [4.78, 5) is 10.9. The van der Waals surface area contributed by atoms with Crippen molar-refractivity contribution in [1.82, 2.24) is 5.32 Å². The largest absolute Gasteiger partial charge is 0.466 e. The topological polar surface area (TPSA) is 38.3 Å². The molecule has 0 saturated heterocycles. The zero-order valence-corrected chi connectivity index (χ0v) is 9.99. The summed E-state index contributed by atoms with van der Waals surface area (Å²) >= 11 is 0. The second-order valence-electron chi connectivity index (χ2n) is 3.31. The molecule has 0 aliphatic heterocycles. The van der Waals surface area contributed by atoms with Crippen molar-refractivity contribution < 1.29 is 9.53 Å². The monoisotopic (exact) mass is 229 g/mol. The lowest BCUT2D eigenvalue weighted by molar-refractivity contribution is -0.134. The van der Waals surface area contributed by atoms with E-state index in [2.05, 4.69) is 21.9 Å². The van der Waals surface area contributed by atoms with E-state index in [0.29, 0.717) is 6.54 Å². The van der Waals surface area contributed by atoms with Crippen molar-refractivity contribution >= 4 is 12.0 Å². The summed E-state index contributed by atoms with van der Waals surface area (Å²) in [7, 11) is 3.21. The molecule has 0 aliphatic carbocycles. The number of carbonyl (C=O) groups excluding carboxylic acids is 1. The van der Waals surface area contributed by atoms with E-state index >= 15 is 0 Å². The van der Waals surface area contributed by atoms with Gasteiger partial charge in [-0.3, -0.25) is 0 Å². The minimum absolute atomic E-state index is 0.358. The Labute approximate surface area is 101 Å². The molecule has 1 aromatic carbocycles. The van der Waals surface area contributed by atoms with Gasteiger partial charge in [0.05, 0.1) is 13.7 Å². The molecule has 0 radical (unpaired) electrons. The SMILES string of the molecule is CNCC#Cc1ccc(/C=C/C(=O)OC)cc1. The number of hydrogen-bond acceptors (Lipinski definition) is 3. The summed E-state index contributed by atoms with van der Waals surface area (Å²) in [5.41, 5.74) is 1.89. The van der Waals surface area contributed by atoms with Crippen LogP contribution < -0.4 is 5.32 Å². The molecular formula is C14H15NO2. The number of benzene rings is 1. The summed E-state index contributed by atoms with van der Waals surface area (Å²) in [5, 5.41) is 2.95. The van der Waals surface area contributed by atoms with Gasteiger partial charge in [0.25, 0.3) is 0 Å². The maximum absolute atomic E-state index is 10.9. The van der Waals surface area contributed by atoms with Crippen molar-refractivity contribution in [3.8, 4) is 11.8 Å². The quantitative estimate of drug-likeness (QED) is 0.484. The Morgan fingerprint density at radius 1 is 1.41 bits per heavy atom. The van der Waals surface area contributed by atoms with E-state index in [1.54, 1.807) is 6.08 Å². The first-order valence-electron chi connectivity index (χ1n) is 5.26. The fourth-order valence-corrected chi connectivity index (χ4v) is 1.14. The summed E-state index contributed by atoms with van der Waals surface area (Å²) in [5.74, 6) is 5.64. The third-order valence-corrected chi connectivity index (χ3v) is 2.02. The van der Waals surface area contributed by atoms with E-state index in [1.165, 1.54) is 13.2 Å². The fraction of sp³-hybridized carbons (Fsp3) is 0.214. The minimum Gasteiger partial charge on any atom is -0.466 e. The van der Waals surface area contributed by atoms with Crippen LogP contribution >= 0.6 is 0 Å². The molecular weight excluding hydrogens is 214 g/mol. The van der Waals surface area contributed by atoms with Gasteiger partial charge >= 0.3 is 5.97 Å². The Hall–Kier alpha value is -2.05. The smallest absolute Gasteiger partial charge is 0.330 e. The maximum Gasteiger partial charge on any atom is 0.330 e. The zero-order valence-electron chi connectivity index (χ0n) is 9.99. The highest BCUT2D eigenvalue weighted by Crippen LogP contribution is 2.05. The van der Waals surface area contributed by atoms with Crippen LogP contribution in [0.1, 0.15) is 11.1 Å². The van der Waals surface area contributed by atoms with Gasteiger partial charge in [-0.15, -0.1) is 0 Å². The van der Waals surface area contributed by atoms with Gasteiger partial charge in [-0.2, -0.15) is 0 Å². The minimum atomic E-state index is -0.358. The highest BCUT2D eigenvalue weighted by atomic mass is 16.5. The van der Waals surface area contributed by atoms with Crippen LogP contribution in [0.5, 0.6) is 0 Å². The van der Waals surface area contributed by atoms with Gasteiger partial charge in [0.15, 0.2) is 0 Å². The highest BCUT2D eigenvalue weighted by Gasteiger charge is 1.92. The van der Waals surface area contributed by atoms with Crippen LogP contribution in [-0.4, -0.2) is 26.7 Å². The van der Waals surface area contributed by atoms with Crippen molar-refractivity contribution in [1.29, 1.82) is 0 Å². The van der Waals surface area contributed by atoms with Gasteiger partial charge < -0.3 is 10.1 Å². The normalized spacial score (nSPS) is 9.76. The van der Waals surface area contributed by atoms with Crippen molar-refractivity contribution in [3.63, 3.8) is 0 Å². The Morgan fingerprint density at radius 3 is 2.71 bits per heavy atom. The summed E-state index contributed by atoms with van der Waals surface area (Å²) in [6.45, 7) is 0.671. The summed E-state index contributed by atoms with van der Waals surface area (Å²) < 4.78 is 4.51. The molecule has 1 rings (SSSR count). The van der Waals surface area contributed by atoms with E-state index in [-0.39, 0.29) is 5.97 Å². The van der Waals surface area contributed by atoms with Crippen LogP contribution in [0.3, 0.4) is 0 Å². The average molecular weight is 229 g/mol. The molecule has 0 spiro atoms. The molecule has 0 heterocycles. The lowest BCUT2D eigenvalue weighted by Gasteiger charge is -1.94. The molecule has 0 saturated carbocycles. The number of nitrogens with one attached hydrogen (secondary N) is 1. The molecule has 3 nitrogen and oxygen atoms in total. The van der Waals surface area contributed by atoms with E-state index in [0.717, 1.165) is 11.1 Å². The number of ether oxygens (including phenoxy) is 1. The third kappa shape index (κ3) is 5.01. The molecule has 0 fully saturated rings. The molecule has 17 heavy (non-hydrogen) atoms. The molecule has 0 atom stereocenters. The van der Waals surface area contributed by atoms with Gasteiger partial charge in [-0.1, -0.05) is 24.0 Å². The summed E-state index contributed by atoms with van der Waals surface area (Å²) in [6, 6.07) is 7.64. The van der Waals surface area contributed by atoms with Crippen LogP contribution in [0.25, 0.3) is 6.08 Å². The molecule has 1 aromatic rings. The van der Waals surface area contributed by atoms with Crippen LogP contribution in [0.4, 0.5) is 0 Å². The number of esters is 1. The van der Waals surface area contributed by atoms with E-state index in [9.17, 15) is 4.79 Å². The molecule has 0 bridgehead atoms. The van der Waals surface area contributed by atoms with E-state index in [4.69, 9.17) is 0 Å². The maximum atomic E-state index is 10.9. The van der Waals surface area contributed by atoms with Crippen LogP contribution in [0.15, 0.2) is 30.3 Å². The van der Waals surface area contributed by atoms with Crippen LogP contribution in [-0.2, 0) is 9.53 Å². The first kappa shape index (κ1) is 13.0. The second-order valence-corrected chi connectivity index (χ2v) is 3.31. The fourth-order valence-electron chi connectivity index (χ4n) is 1.14. The summed E-state index contributed by atoms with van der Waals surface area (Å²) in [6.07, 6.45) is 3.10. The Morgan fingerprint density at radius 2 is 2.12 bits per heavy atom. The number of carbonyl (C=O) groups is 1. The highest BCUT2D eigenvalue weighted by molar-refractivity contribution is 5.86. The van der Waals surface area contributed by atoms with Gasteiger partial charge in [0.1, 0.15) is 0 Å². The Balaban J connectivity index is 2.66. The van der Waals surface area contributed by atoms with Gasteiger partial charge in [-0.05, 0) is 30.8 Å². The molecule has 0 unspecified atom stereocenters. The predicted octanol–water partition coefficient (Wildman–Crippen LogP) is 1.44. The van der Waals surface area contributed by atoms with Crippen molar-refractivity contribution in [2.75, 3.05) is 20.7 Å². The lowest BCUT2D eigenvalue weighted by atomic mass is 10.1. The predicted molar refractivity (Wildman–Crippen MR) is 68.3 cm³/mol. The third-order valence-electron chi connectivity index (χ3n) is 2.02. The van der Waals surface area contributed by atoms with Gasteiger partial charge in [0, 0.05) is 11.6 Å². The standard InChI is InChI=1S/C14H15NO2/c1-15-11-3-4-12-5-7-13(8-6-12)9-10-14(16)17-2/h5-10,15H,11H2,1-2H3/b10-9+. The number of methoxy groups -OCH3 is 1. The Bertz CT molecular complexity index is 449. The Kier molecular flexibility index (Phi) is 5.56. The molecule has 3 heteroatoms. The first-order valence-corrected chi connectivity index (χ1v) is 5.26. The molecule has 0 aromatic heterocycles. The molecule has 0 aliphatic rings. The molecule has 1 N–H and O–H groups in total. The molecule has 0 amide bonds. The van der Waals surface area contributed by atoms with Crippen LogP contribution in [0, 0.1) is 11.8 Å². The van der Waals surface area contributed by atoms with E-state index < -0.39 is 0 Å². The second kappa shape index (κ2) is 7.26. The number of rotatable bonds is 3. The first-order chi connectivity index (χ1) is 8.26. The van der Waals surface area contributed by atoms with E-state index in [1.807, 2.05) is 31.3 Å². The zero-order chi connectivity index (χ0) is 12.5. The average Bonchev–Trinajstić information content (AvgIpc) is 2.37. The van der Waals surface area contributed by atoms with Crippen LogP contribution in [0.2, 0.25) is 0 Å². The molecule has 88 valence electrons. The van der Waals surface area contributed by atoms with Gasteiger partial charge in [-0.25, -0.2) is 4.79 Å². The lowest BCUT2D eigenvalue weighted by Crippen LogP contribution is -2.04. The number of hydrogen-bond donors (Lipinski definition) is 1. The van der Waals surface area contributed by atoms with Gasteiger partial charge in [0.2, 0.25) is 0 Å². The van der Waals surface area contributed by atoms with Crippen molar-refractivity contribution in [2.45, 2.75) is 0 Å².